The molecule has 0 aliphatic carbocycles. The second-order valence-electron chi connectivity index (χ2n) is 8.56. The summed E-state index contributed by atoms with van der Waals surface area (Å²) in [7, 11) is 0. The highest BCUT2D eigenvalue weighted by Crippen LogP contribution is 2.22. The van der Waals surface area contributed by atoms with Crippen molar-refractivity contribution in [2.75, 3.05) is 6.61 Å². The summed E-state index contributed by atoms with van der Waals surface area (Å²) in [5.74, 6) is 0.963. The maximum atomic E-state index is 5.91. The fourth-order valence-electron chi connectivity index (χ4n) is 3.82. The van der Waals surface area contributed by atoms with Crippen molar-refractivity contribution in [2.24, 2.45) is 0 Å². The molecule has 2 rings (SSSR count). The van der Waals surface area contributed by atoms with Gasteiger partial charge in [0.2, 0.25) is 0 Å². The van der Waals surface area contributed by atoms with Crippen LogP contribution in [0.25, 0.3) is 11.3 Å². The van der Waals surface area contributed by atoms with Crippen LogP contribution in [-0.4, -0.2) is 11.6 Å². The lowest BCUT2D eigenvalue weighted by Crippen LogP contribution is -1.97. The summed E-state index contributed by atoms with van der Waals surface area (Å²) in [6, 6.07) is 12.8. The van der Waals surface area contributed by atoms with Gasteiger partial charge in [-0.25, -0.2) is 0 Å². The van der Waals surface area contributed by atoms with Crippen molar-refractivity contribution < 1.29 is 4.74 Å². The third-order valence-corrected chi connectivity index (χ3v) is 5.81. The molecule has 0 saturated heterocycles. The van der Waals surface area contributed by atoms with Crippen molar-refractivity contribution in [3.8, 4) is 17.0 Å². The molecule has 0 amide bonds. The lowest BCUT2D eigenvalue weighted by molar-refractivity contribution is 0.304. The summed E-state index contributed by atoms with van der Waals surface area (Å²) in [5.41, 5.74) is 3.55. The van der Waals surface area contributed by atoms with Crippen LogP contribution in [0, 0.1) is 0 Å². The first-order valence-electron chi connectivity index (χ1n) is 12.5. The highest BCUT2D eigenvalue weighted by atomic mass is 16.5. The van der Waals surface area contributed by atoms with E-state index in [1.807, 2.05) is 6.20 Å². The van der Waals surface area contributed by atoms with Crippen LogP contribution in [0.3, 0.4) is 0 Å². The smallest absolute Gasteiger partial charge is 0.119 e. The first-order chi connectivity index (χ1) is 14.8. The van der Waals surface area contributed by atoms with Crippen LogP contribution in [0.1, 0.15) is 103 Å². The van der Waals surface area contributed by atoms with E-state index in [2.05, 4.69) is 55.2 Å². The Morgan fingerprint density at radius 3 is 1.83 bits per heavy atom. The molecule has 0 atom stereocenters. The van der Waals surface area contributed by atoms with Gasteiger partial charge in [-0.2, -0.15) is 0 Å². The van der Waals surface area contributed by atoms with Gasteiger partial charge in [0.25, 0.3) is 0 Å². The Hall–Kier alpha value is -1.83. The van der Waals surface area contributed by atoms with Crippen molar-refractivity contribution in [1.82, 2.24) is 4.98 Å². The molecule has 0 radical (unpaired) electrons. The number of aromatic nitrogens is 1. The van der Waals surface area contributed by atoms with Gasteiger partial charge in [-0.1, -0.05) is 90.5 Å². The van der Waals surface area contributed by atoms with Crippen molar-refractivity contribution in [2.45, 2.75) is 104 Å². The molecule has 166 valence electrons. The van der Waals surface area contributed by atoms with Crippen molar-refractivity contribution in [3.63, 3.8) is 0 Å². The molecule has 2 heteroatoms. The van der Waals surface area contributed by atoms with E-state index in [1.54, 1.807) is 0 Å². The SMILES string of the molecule is CCCCCCCCCCOc1ccc(-c2ccc(CCCCCCC)cn2)cc1. The number of aryl methyl sites for hydroxylation is 1. The summed E-state index contributed by atoms with van der Waals surface area (Å²) >= 11 is 0. The van der Waals surface area contributed by atoms with E-state index < -0.39 is 0 Å². The van der Waals surface area contributed by atoms with Gasteiger partial charge in [0.1, 0.15) is 5.75 Å². The molecule has 1 aromatic heterocycles. The minimum atomic E-state index is 0.819. The molecule has 0 saturated carbocycles. The highest BCUT2D eigenvalue weighted by molar-refractivity contribution is 5.60. The molecule has 0 N–H and O–H groups in total. The topological polar surface area (TPSA) is 22.1 Å². The van der Waals surface area contributed by atoms with Gasteiger partial charge in [0.15, 0.2) is 0 Å². The average Bonchev–Trinajstić information content (AvgIpc) is 2.79. The van der Waals surface area contributed by atoms with Crippen molar-refractivity contribution in [3.05, 3.63) is 48.2 Å². The van der Waals surface area contributed by atoms with E-state index in [9.17, 15) is 0 Å². The number of hydrogen-bond acceptors (Lipinski definition) is 2. The van der Waals surface area contributed by atoms with Gasteiger partial charge < -0.3 is 4.74 Å². The number of rotatable bonds is 17. The van der Waals surface area contributed by atoms with E-state index in [0.29, 0.717) is 0 Å². The molecule has 1 aromatic carbocycles. The zero-order valence-electron chi connectivity index (χ0n) is 19.5. The van der Waals surface area contributed by atoms with Crippen LogP contribution in [0.2, 0.25) is 0 Å². The largest absolute Gasteiger partial charge is 0.494 e. The number of hydrogen-bond donors (Lipinski definition) is 0. The van der Waals surface area contributed by atoms with Crippen LogP contribution in [0.5, 0.6) is 5.75 Å². The monoisotopic (exact) mass is 409 g/mol. The number of pyridine rings is 1. The number of nitrogens with zero attached hydrogens (tertiary/aromatic N) is 1. The van der Waals surface area contributed by atoms with E-state index in [4.69, 9.17) is 4.74 Å². The fraction of sp³-hybridized carbons (Fsp3) is 0.607. The molecule has 0 aliphatic rings. The molecule has 0 unspecified atom stereocenters. The molecule has 0 aliphatic heterocycles. The Bertz CT molecular complexity index is 647. The van der Waals surface area contributed by atoms with Crippen LogP contribution in [-0.2, 0) is 6.42 Å². The second kappa shape index (κ2) is 15.9. The van der Waals surface area contributed by atoms with Gasteiger partial charge in [0, 0.05) is 11.8 Å². The fourth-order valence-corrected chi connectivity index (χ4v) is 3.82. The Balaban J connectivity index is 1.64. The average molecular weight is 410 g/mol. The number of ether oxygens (including phenoxy) is 1. The van der Waals surface area contributed by atoms with E-state index >= 15 is 0 Å². The van der Waals surface area contributed by atoms with Crippen LogP contribution < -0.4 is 4.74 Å². The van der Waals surface area contributed by atoms with E-state index in [1.165, 1.54) is 82.6 Å². The zero-order chi connectivity index (χ0) is 21.3. The summed E-state index contributed by atoms with van der Waals surface area (Å²) in [6.07, 6.45) is 20.4. The molecule has 0 spiro atoms. The predicted octanol–water partition coefficient (Wildman–Crippen LogP) is 8.78. The van der Waals surface area contributed by atoms with E-state index in [-0.39, 0.29) is 0 Å². The first kappa shape index (κ1) is 24.4. The molecular formula is C28H43NO. The van der Waals surface area contributed by atoms with Crippen molar-refractivity contribution >= 4 is 0 Å². The molecule has 2 nitrogen and oxygen atoms in total. The minimum Gasteiger partial charge on any atom is -0.494 e. The lowest BCUT2D eigenvalue weighted by atomic mass is 10.1. The Morgan fingerprint density at radius 2 is 1.23 bits per heavy atom. The first-order valence-corrected chi connectivity index (χ1v) is 12.5. The predicted molar refractivity (Wildman–Crippen MR) is 130 cm³/mol. The summed E-state index contributed by atoms with van der Waals surface area (Å²) in [6.45, 7) is 5.35. The third kappa shape index (κ3) is 10.3. The van der Waals surface area contributed by atoms with Crippen LogP contribution >= 0.6 is 0 Å². The molecule has 1 heterocycles. The third-order valence-electron chi connectivity index (χ3n) is 5.81. The molecule has 0 fully saturated rings. The van der Waals surface area contributed by atoms with Crippen LogP contribution in [0.15, 0.2) is 42.6 Å². The summed E-state index contributed by atoms with van der Waals surface area (Å²) in [5, 5.41) is 0. The highest BCUT2D eigenvalue weighted by Gasteiger charge is 2.02. The number of benzene rings is 1. The molecule has 2 aromatic rings. The Kier molecular flexibility index (Phi) is 13.0. The summed E-state index contributed by atoms with van der Waals surface area (Å²) in [4.78, 5) is 4.68. The van der Waals surface area contributed by atoms with Gasteiger partial charge in [-0.3, -0.25) is 4.98 Å². The standard InChI is InChI=1S/C28H43NO/c1-3-5-7-9-10-11-13-15-23-30-27-20-18-26(19-21-27)28-22-17-25(24-29-28)16-14-12-8-6-4-2/h17-22,24H,3-16,23H2,1-2H3. The molecule has 30 heavy (non-hydrogen) atoms. The van der Waals surface area contributed by atoms with Crippen LogP contribution in [0.4, 0.5) is 0 Å². The van der Waals surface area contributed by atoms with Crippen molar-refractivity contribution in [1.29, 1.82) is 0 Å². The lowest BCUT2D eigenvalue weighted by Gasteiger charge is -2.08. The summed E-state index contributed by atoms with van der Waals surface area (Å²) < 4.78 is 5.91. The quantitative estimate of drug-likeness (QED) is 0.243. The van der Waals surface area contributed by atoms with Gasteiger partial charge >= 0.3 is 0 Å². The molecule has 0 bridgehead atoms. The zero-order valence-corrected chi connectivity index (χ0v) is 19.5. The Labute approximate surface area is 185 Å². The van der Waals surface area contributed by atoms with Gasteiger partial charge in [-0.15, -0.1) is 0 Å². The van der Waals surface area contributed by atoms with Gasteiger partial charge in [-0.05, 0) is 55.2 Å². The van der Waals surface area contributed by atoms with E-state index in [0.717, 1.165) is 36.5 Å². The second-order valence-corrected chi connectivity index (χ2v) is 8.56. The van der Waals surface area contributed by atoms with Gasteiger partial charge in [0.05, 0.1) is 12.3 Å². The number of unbranched alkanes of at least 4 members (excludes halogenated alkanes) is 11. The Morgan fingerprint density at radius 1 is 0.633 bits per heavy atom. The maximum Gasteiger partial charge on any atom is 0.119 e. The maximum absolute atomic E-state index is 5.91. The molecular weight excluding hydrogens is 366 g/mol. The normalized spacial score (nSPS) is 11.0. The minimum absolute atomic E-state index is 0.819.